The zero-order valence-electron chi connectivity index (χ0n) is 7.75. The van der Waals surface area contributed by atoms with Crippen molar-refractivity contribution in [2.45, 2.75) is 0 Å². The molecule has 0 aromatic heterocycles. The van der Waals surface area contributed by atoms with Crippen molar-refractivity contribution in [3.05, 3.63) is 0 Å². The molecule has 0 heterocycles. The van der Waals surface area contributed by atoms with E-state index in [1.807, 2.05) is 0 Å². The molecule has 18 heavy (non-hydrogen) atoms. The van der Waals surface area contributed by atoms with Gasteiger partial charge in [-0.1, -0.05) is 0 Å². The second-order valence-corrected chi connectivity index (χ2v) is 4.12. The molecule has 0 saturated carbocycles. The molecule has 0 saturated heterocycles. The van der Waals surface area contributed by atoms with Crippen LogP contribution in [0.25, 0.3) is 0 Å². The Balaban J connectivity index is -0.0000000257. The summed E-state index contributed by atoms with van der Waals surface area (Å²) in [6.45, 7) is 0. The van der Waals surface area contributed by atoms with Gasteiger partial charge in [-0.2, -0.15) is 0 Å². The molecule has 0 amide bonds. The fourth-order valence-electron chi connectivity index (χ4n) is 0. The molecule has 99 valence electrons. The second-order valence-electron chi connectivity index (χ2n) is 1.00. The molecule has 0 spiro atoms. The molecule has 0 N–H and O–H groups in total. The van der Waals surface area contributed by atoms with E-state index >= 15 is 0 Å². The molecule has 18 heteroatoms. The second kappa shape index (κ2) is 32.1. The van der Waals surface area contributed by atoms with E-state index in [0.717, 1.165) is 0 Å². The first-order valence-corrected chi connectivity index (χ1v) is 10.1. The van der Waals surface area contributed by atoms with Crippen molar-refractivity contribution in [3.63, 3.8) is 0 Å². The van der Waals surface area contributed by atoms with Crippen molar-refractivity contribution in [2.75, 3.05) is 0 Å². The fourth-order valence-corrected chi connectivity index (χ4v) is 0. The van der Waals surface area contributed by atoms with Crippen LogP contribution in [0.2, 0.25) is 0 Å². The molecule has 0 bridgehead atoms. The third kappa shape index (κ3) is 681. The standard InChI is InChI=1S/Cr.Nb.12O.4Ti/q+3;+5;;;;;8*-1;;;;. The van der Waals surface area contributed by atoms with Crippen molar-refractivity contribution < 1.29 is 157 Å². The molecule has 0 rings (SSSR count). The number of rotatable bonds is 0. The Hall–Kier alpha value is 3.01. The van der Waals surface area contributed by atoms with E-state index in [2.05, 4.69) is 0 Å². The molecule has 0 fully saturated rings. The van der Waals surface area contributed by atoms with E-state index < -0.39 is 74.5 Å². The third-order valence-corrected chi connectivity index (χ3v) is 0. The van der Waals surface area contributed by atoms with Gasteiger partial charge in [0.2, 0.25) is 0 Å². The summed E-state index contributed by atoms with van der Waals surface area (Å²) < 4.78 is 103. The monoisotopic (exact) mass is 529 g/mol. The predicted octanol–water partition coefficient (Wildman–Crippen LogP) is -10.0. The van der Waals surface area contributed by atoms with Crippen molar-refractivity contribution in [1.82, 2.24) is 0 Å². The van der Waals surface area contributed by atoms with Gasteiger partial charge in [0, 0.05) is 0 Å². The van der Waals surface area contributed by atoms with Crippen LogP contribution >= 0.6 is 0 Å². The normalized spacial score (nSPS) is 5.78. The summed E-state index contributed by atoms with van der Waals surface area (Å²) >= 11 is -16.3. The quantitative estimate of drug-likeness (QED) is 0.266. The molecular weight excluding hydrogens is 528 g/mol. The Kier molecular flexibility index (Phi) is 66.6. The van der Waals surface area contributed by atoms with Gasteiger partial charge in [0.1, 0.15) is 0 Å². The molecule has 0 unspecified atom stereocenters. The van der Waals surface area contributed by atoms with Crippen LogP contribution in [-0.4, -0.2) is 0 Å². The van der Waals surface area contributed by atoms with E-state index in [1.54, 1.807) is 0 Å². The summed E-state index contributed by atoms with van der Waals surface area (Å²) in [5.74, 6) is 0. The fraction of sp³-hybridized carbons (Fsp3) is 0. The molecule has 0 aliphatic heterocycles. The van der Waals surface area contributed by atoms with Gasteiger partial charge in [-0.05, 0) is 0 Å². The number of hydrogen-bond donors (Lipinski definition) is 0. The predicted molar refractivity (Wildman–Crippen MR) is 2.75 cm³/mol. The van der Waals surface area contributed by atoms with E-state index in [0.29, 0.717) is 0 Å². The van der Waals surface area contributed by atoms with E-state index in [1.165, 1.54) is 0 Å². The summed E-state index contributed by atoms with van der Waals surface area (Å²) in [6.07, 6.45) is 0. The maximum atomic E-state index is 8.58. The molecular formula is CrNbO12Ti4. The van der Waals surface area contributed by atoms with Crippen molar-refractivity contribution in [3.8, 4) is 0 Å². The van der Waals surface area contributed by atoms with Crippen LogP contribution in [0.3, 0.4) is 0 Å². The summed E-state index contributed by atoms with van der Waals surface area (Å²) in [7, 11) is 0. The minimum absolute atomic E-state index is 0. The molecule has 0 aliphatic rings. The first-order chi connectivity index (χ1) is 6.93. The van der Waals surface area contributed by atoms with Crippen LogP contribution in [0.4, 0.5) is 0 Å². The Bertz CT molecular complexity index is 164. The molecule has 12 nitrogen and oxygen atoms in total. The van der Waals surface area contributed by atoms with Gasteiger partial charge in [0.25, 0.3) is 0 Å². The average molecular weight is 528 g/mol. The van der Waals surface area contributed by atoms with Crippen molar-refractivity contribution in [2.24, 2.45) is 0 Å². The topological polar surface area (TPSA) is 253 Å². The van der Waals surface area contributed by atoms with Gasteiger partial charge in [-0.25, -0.2) is 0 Å². The molecule has 0 aromatic carbocycles. The van der Waals surface area contributed by atoms with Gasteiger partial charge in [0.05, 0.1) is 0 Å². The van der Waals surface area contributed by atoms with Crippen LogP contribution in [0.15, 0.2) is 0 Å². The van der Waals surface area contributed by atoms with E-state index in [9.17, 15) is 0 Å². The molecule has 0 aliphatic carbocycles. The average Bonchev–Trinajstić information content (AvgIpc) is 1.76. The van der Waals surface area contributed by atoms with Crippen molar-refractivity contribution >= 4 is 0 Å². The van der Waals surface area contributed by atoms with Crippen LogP contribution in [0, 0.1) is 0 Å². The van der Waals surface area contributed by atoms with Gasteiger partial charge in [0.15, 0.2) is 0 Å². The minimum atomic E-state index is -4.08. The zero-order valence-corrected chi connectivity index (χ0v) is 17.5. The molecule has 1 radical (unpaired) electrons. The zero-order chi connectivity index (χ0) is 14.3. The van der Waals surface area contributed by atoms with Gasteiger partial charge in [-0.3, -0.25) is 0 Å². The Morgan fingerprint density at radius 1 is 0.444 bits per heavy atom. The van der Waals surface area contributed by atoms with Crippen LogP contribution in [0.1, 0.15) is 0 Å². The van der Waals surface area contributed by atoms with Gasteiger partial charge in [-0.15, -0.1) is 0 Å². The molecule has 0 atom stereocenters. The van der Waals surface area contributed by atoms with Gasteiger partial charge >= 0.3 is 157 Å². The summed E-state index contributed by atoms with van der Waals surface area (Å²) in [5, 5.41) is 0. The maximum absolute atomic E-state index is 8.58. The first-order valence-electron chi connectivity index (χ1n) is 2.45. The SMILES string of the molecule is [Cr+3].[Nb+5].[O]=[Ti]([O-])[O-].[O]=[Ti]([O-])[O-].[O]=[Ti]([O-])[O-].[O]=[Ti]([O-])[O-]. The van der Waals surface area contributed by atoms with Crippen molar-refractivity contribution in [1.29, 1.82) is 0 Å². The summed E-state index contributed by atoms with van der Waals surface area (Å²) in [5.41, 5.74) is 0. The molecule has 0 aromatic rings. The van der Waals surface area contributed by atoms with Gasteiger partial charge < -0.3 is 0 Å². The van der Waals surface area contributed by atoms with Crippen LogP contribution in [-0.2, 0) is 128 Å². The van der Waals surface area contributed by atoms with Crippen LogP contribution in [0.5, 0.6) is 0 Å². The number of hydrogen-bond acceptors (Lipinski definition) is 12. The first kappa shape index (κ1) is 37.3. The Labute approximate surface area is 154 Å². The van der Waals surface area contributed by atoms with E-state index in [4.69, 9.17) is 42.8 Å². The summed E-state index contributed by atoms with van der Waals surface area (Å²) in [6, 6.07) is 0. The summed E-state index contributed by atoms with van der Waals surface area (Å²) in [4.78, 5) is 0. The van der Waals surface area contributed by atoms with Crippen LogP contribution < -0.4 is 29.5 Å². The third-order valence-electron chi connectivity index (χ3n) is 0. The van der Waals surface area contributed by atoms with E-state index in [-0.39, 0.29) is 39.7 Å². The Morgan fingerprint density at radius 2 is 0.444 bits per heavy atom. The Morgan fingerprint density at radius 3 is 0.444 bits per heavy atom.